The van der Waals surface area contributed by atoms with Gasteiger partial charge in [0, 0.05) is 25.7 Å². The fourth-order valence-corrected chi connectivity index (χ4v) is 2.71. The largest absolute Gasteiger partial charge is 0.493 e. The molecule has 1 unspecified atom stereocenters. The Balaban J connectivity index is 0.00000450. The van der Waals surface area contributed by atoms with Crippen LogP contribution in [-0.2, 0) is 6.54 Å². The van der Waals surface area contributed by atoms with Crippen LogP contribution >= 0.6 is 24.0 Å². The summed E-state index contributed by atoms with van der Waals surface area (Å²) in [5, 5.41) is 9.31. The number of guanidine groups is 1. The van der Waals surface area contributed by atoms with Crippen LogP contribution in [0, 0.1) is 0 Å². The van der Waals surface area contributed by atoms with Crippen molar-refractivity contribution in [1.82, 2.24) is 16.0 Å². The molecular formula is C22H31IN4O3. The summed E-state index contributed by atoms with van der Waals surface area (Å²) in [7, 11) is 3.34. The van der Waals surface area contributed by atoms with Crippen LogP contribution in [-0.4, -0.2) is 45.2 Å². The molecule has 30 heavy (non-hydrogen) atoms. The van der Waals surface area contributed by atoms with Gasteiger partial charge in [-0.15, -0.1) is 24.0 Å². The van der Waals surface area contributed by atoms with Crippen molar-refractivity contribution >= 4 is 35.8 Å². The molecule has 0 aliphatic carbocycles. The molecule has 0 bridgehead atoms. The summed E-state index contributed by atoms with van der Waals surface area (Å²) < 4.78 is 11.3. The number of ether oxygens (including phenoxy) is 2. The molecule has 0 aliphatic heterocycles. The van der Waals surface area contributed by atoms with Gasteiger partial charge in [-0.05, 0) is 43.7 Å². The lowest BCUT2D eigenvalue weighted by molar-refractivity contribution is 0.0955. The molecule has 7 nitrogen and oxygen atoms in total. The molecule has 2 aromatic carbocycles. The van der Waals surface area contributed by atoms with Crippen molar-refractivity contribution in [3.8, 4) is 11.5 Å². The van der Waals surface area contributed by atoms with Crippen molar-refractivity contribution in [1.29, 1.82) is 0 Å². The zero-order valence-electron chi connectivity index (χ0n) is 17.9. The lowest BCUT2D eigenvalue weighted by atomic mass is 10.1. The van der Waals surface area contributed by atoms with Crippen LogP contribution in [0.5, 0.6) is 11.5 Å². The number of carbonyl (C=O) groups excluding carboxylic acids is 1. The van der Waals surface area contributed by atoms with Crippen LogP contribution in [0.1, 0.15) is 29.8 Å². The summed E-state index contributed by atoms with van der Waals surface area (Å²) in [6.45, 7) is 5.60. The molecule has 1 atom stereocenters. The van der Waals surface area contributed by atoms with Crippen LogP contribution in [0.4, 0.5) is 0 Å². The molecular weight excluding hydrogens is 495 g/mol. The molecule has 0 fully saturated rings. The van der Waals surface area contributed by atoms with E-state index >= 15 is 0 Å². The van der Waals surface area contributed by atoms with E-state index in [4.69, 9.17) is 9.47 Å². The number of amides is 1. The maximum atomic E-state index is 12.0. The Bertz CT molecular complexity index is 830. The monoisotopic (exact) mass is 526 g/mol. The molecule has 0 aliphatic rings. The highest BCUT2D eigenvalue weighted by molar-refractivity contribution is 14.0. The van der Waals surface area contributed by atoms with Gasteiger partial charge in [0.15, 0.2) is 17.5 Å². The summed E-state index contributed by atoms with van der Waals surface area (Å²) in [5.74, 6) is 1.99. The van der Waals surface area contributed by atoms with Crippen molar-refractivity contribution in [2.45, 2.75) is 26.5 Å². The van der Waals surface area contributed by atoms with Gasteiger partial charge < -0.3 is 25.4 Å². The van der Waals surface area contributed by atoms with E-state index in [1.807, 2.05) is 56.3 Å². The number of carbonyl (C=O) groups is 1. The first-order valence-corrected chi connectivity index (χ1v) is 9.68. The Kier molecular flexibility index (Phi) is 11.7. The Labute approximate surface area is 195 Å². The van der Waals surface area contributed by atoms with Gasteiger partial charge in [-0.3, -0.25) is 9.79 Å². The number of hydrogen-bond donors (Lipinski definition) is 3. The smallest absolute Gasteiger partial charge is 0.251 e. The Morgan fingerprint density at radius 2 is 1.80 bits per heavy atom. The standard InChI is InChI=1S/C22H30N4O3.HI/c1-5-24-21(27)18-10-8-9-17(13-18)15-26-22(23-3)25-14-16(2)29-20-12-7-6-11-19(20)28-4;/h6-13,16H,5,14-15H2,1-4H3,(H,24,27)(H2,23,25,26);1H. The summed E-state index contributed by atoms with van der Waals surface area (Å²) >= 11 is 0. The summed E-state index contributed by atoms with van der Waals surface area (Å²) in [4.78, 5) is 16.2. The van der Waals surface area contributed by atoms with Gasteiger partial charge in [0.2, 0.25) is 0 Å². The first-order valence-electron chi connectivity index (χ1n) is 9.68. The van der Waals surface area contributed by atoms with E-state index < -0.39 is 0 Å². The van der Waals surface area contributed by atoms with E-state index in [0.29, 0.717) is 42.7 Å². The van der Waals surface area contributed by atoms with Crippen molar-refractivity contribution in [3.63, 3.8) is 0 Å². The maximum absolute atomic E-state index is 12.0. The maximum Gasteiger partial charge on any atom is 0.251 e. The van der Waals surface area contributed by atoms with Gasteiger partial charge in [0.05, 0.1) is 13.7 Å². The van der Waals surface area contributed by atoms with Crippen molar-refractivity contribution in [2.75, 3.05) is 27.2 Å². The van der Waals surface area contributed by atoms with Crippen LogP contribution in [0.3, 0.4) is 0 Å². The zero-order chi connectivity index (χ0) is 21.1. The minimum absolute atomic E-state index is 0. The fraction of sp³-hybridized carbons (Fsp3) is 0.364. The zero-order valence-corrected chi connectivity index (χ0v) is 20.2. The summed E-state index contributed by atoms with van der Waals surface area (Å²) in [6, 6.07) is 15.1. The summed E-state index contributed by atoms with van der Waals surface area (Å²) in [6.07, 6.45) is -0.0917. The Hall–Kier alpha value is -2.49. The Morgan fingerprint density at radius 3 is 2.47 bits per heavy atom. The number of halogens is 1. The van der Waals surface area contributed by atoms with Crippen molar-refractivity contribution in [3.05, 3.63) is 59.7 Å². The number of nitrogens with zero attached hydrogens (tertiary/aromatic N) is 1. The van der Waals surface area contributed by atoms with E-state index in [0.717, 1.165) is 5.56 Å². The topological polar surface area (TPSA) is 84.0 Å². The van der Waals surface area contributed by atoms with E-state index in [1.165, 1.54) is 0 Å². The first kappa shape index (κ1) is 25.5. The highest BCUT2D eigenvalue weighted by Crippen LogP contribution is 2.26. The average molecular weight is 526 g/mol. The van der Waals surface area contributed by atoms with Gasteiger partial charge in [-0.1, -0.05) is 24.3 Å². The third-order valence-corrected chi connectivity index (χ3v) is 4.16. The molecule has 0 saturated carbocycles. The van der Waals surface area contributed by atoms with Crippen molar-refractivity contribution in [2.24, 2.45) is 4.99 Å². The average Bonchev–Trinajstić information content (AvgIpc) is 2.74. The predicted molar refractivity (Wildman–Crippen MR) is 131 cm³/mol. The van der Waals surface area contributed by atoms with Crippen LogP contribution in [0.25, 0.3) is 0 Å². The third kappa shape index (κ3) is 8.10. The van der Waals surface area contributed by atoms with Gasteiger partial charge in [-0.25, -0.2) is 0 Å². The van der Waals surface area contributed by atoms with Crippen LogP contribution < -0.4 is 25.4 Å². The van der Waals surface area contributed by atoms with E-state index in [-0.39, 0.29) is 36.0 Å². The highest BCUT2D eigenvalue weighted by atomic mass is 127. The lowest BCUT2D eigenvalue weighted by Gasteiger charge is -2.19. The van der Waals surface area contributed by atoms with Gasteiger partial charge in [-0.2, -0.15) is 0 Å². The number of para-hydroxylation sites is 2. The lowest BCUT2D eigenvalue weighted by Crippen LogP contribution is -2.41. The molecule has 2 rings (SSSR count). The fourth-order valence-electron chi connectivity index (χ4n) is 2.71. The second-order valence-corrected chi connectivity index (χ2v) is 6.45. The van der Waals surface area contributed by atoms with E-state index in [2.05, 4.69) is 20.9 Å². The third-order valence-electron chi connectivity index (χ3n) is 4.16. The second kappa shape index (κ2) is 13.7. The molecule has 0 spiro atoms. The van der Waals surface area contributed by atoms with Crippen molar-refractivity contribution < 1.29 is 14.3 Å². The van der Waals surface area contributed by atoms with E-state index in [9.17, 15) is 4.79 Å². The Morgan fingerprint density at radius 1 is 1.07 bits per heavy atom. The number of aliphatic imine (C=N–C) groups is 1. The van der Waals surface area contributed by atoms with Crippen LogP contribution in [0.2, 0.25) is 0 Å². The van der Waals surface area contributed by atoms with Crippen LogP contribution in [0.15, 0.2) is 53.5 Å². The molecule has 0 saturated heterocycles. The molecule has 8 heteroatoms. The molecule has 0 radical (unpaired) electrons. The minimum Gasteiger partial charge on any atom is -0.493 e. The molecule has 3 N–H and O–H groups in total. The number of rotatable bonds is 9. The molecule has 1 amide bonds. The summed E-state index contributed by atoms with van der Waals surface area (Å²) in [5.41, 5.74) is 1.64. The number of nitrogens with one attached hydrogen (secondary N) is 3. The molecule has 2 aromatic rings. The SMILES string of the molecule is CCNC(=O)c1cccc(CNC(=NC)NCC(C)Oc2ccccc2OC)c1.I. The molecule has 0 heterocycles. The quantitative estimate of drug-likeness (QED) is 0.266. The second-order valence-electron chi connectivity index (χ2n) is 6.45. The number of methoxy groups -OCH3 is 1. The molecule has 164 valence electrons. The van der Waals surface area contributed by atoms with E-state index in [1.54, 1.807) is 20.2 Å². The minimum atomic E-state index is -0.0917. The van der Waals surface area contributed by atoms with Gasteiger partial charge in [0.1, 0.15) is 6.10 Å². The van der Waals surface area contributed by atoms with Gasteiger partial charge >= 0.3 is 0 Å². The first-order chi connectivity index (χ1) is 14.1. The van der Waals surface area contributed by atoms with Gasteiger partial charge in [0.25, 0.3) is 5.91 Å². The predicted octanol–water partition coefficient (Wildman–Crippen LogP) is 3.20. The molecule has 0 aromatic heterocycles. The number of benzene rings is 2. The normalized spacial score (nSPS) is 11.7. The number of hydrogen-bond acceptors (Lipinski definition) is 4. The highest BCUT2D eigenvalue weighted by Gasteiger charge is 2.10.